The van der Waals surface area contributed by atoms with E-state index in [0.29, 0.717) is 24.5 Å². The van der Waals surface area contributed by atoms with Crippen molar-refractivity contribution in [3.63, 3.8) is 0 Å². The van der Waals surface area contributed by atoms with E-state index in [1.807, 2.05) is 0 Å². The Morgan fingerprint density at radius 1 is 1.17 bits per heavy atom. The fourth-order valence-electron chi connectivity index (χ4n) is 3.36. The van der Waals surface area contributed by atoms with Gasteiger partial charge in [-0.2, -0.15) is 0 Å². The minimum atomic E-state index is -1.29. The van der Waals surface area contributed by atoms with Crippen LogP contribution >= 0.6 is 11.3 Å². The molecule has 1 aliphatic heterocycles. The largest absolute Gasteiger partial charge is 0.491 e. The predicted octanol–water partition coefficient (Wildman–Crippen LogP) is 1.59. The molecule has 1 aliphatic rings. The Morgan fingerprint density at radius 3 is 2.51 bits per heavy atom. The minimum absolute atomic E-state index is 0.0221. The molecule has 0 aliphatic carbocycles. The Kier molecular flexibility index (Phi) is 8.73. The third-order valence-electron chi connectivity index (χ3n) is 5.23. The Morgan fingerprint density at radius 2 is 1.89 bits per heavy atom. The third-order valence-corrected chi connectivity index (χ3v) is 5.99. The van der Waals surface area contributed by atoms with Gasteiger partial charge in [-0.1, -0.05) is 12.1 Å². The van der Waals surface area contributed by atoms with Crippen molar-refractivity contribution < 1.29 is 38.1 Å². The second-order valence-corrected chi connectivity index (χ2v) is 8.26. The summed E-state index contributed by atoms with van der Waals surface area (Å²) in [6.07, 6.45) is -0.833. The zero-order valence-corrected chi connectivity index (χ0v) is 20.4. The van der Waals surface area contributed by atoms with Crippen molar-refractivity contribution in [1.82, 2.24) is 15.2 Å². The van der Waals surface area contributed by atoms with Gasteiger partial charge in [0.1, 0.15) is 24.4 Å². The molecule has 0 saturated carbocycles. The van der Waals surface area contributed by atoms with Crippen molar-refractivity contribution in [2.75, 3.05) is 39.9 Å². The van der Waals surface area contributed by atoms with E-state index in [1.165, 1.54) is 19.6 Å². The van der Waals surface area contributed by atoms with Gasteiger partial charge in [0, 0.05) is 19.6 Å². The van der Waals surface area contributed by atoms with E-state index < -0.39 is 42.0 Å². The molecule has 3 atom stereocenters. The Bertz CT molecular complexity index is 1070. The van der Waals surface area contributed by atoms with Gasteiger partial charge in [0.05, 0.1) is 19.8 Å². The molecular formula is C22H26N4O8S. The molecule has 0 spiro atoms. The molecular weight excluding hydrogens is 480 g/mol. The molecule has 13 heteroatoms. The normalized spacial score (nSPS) is 17.0. The van der Waals surface area contributed by atoms with Crippen LogP contribution in [-0.4, -0.2) is 80.4 Å². The van der Waals surface area contributed by atoms with Crippen molar-refractivity contribution in [3.05, 3.63) is 40.9 Å². The molecule has 3 rings (SSSR count). The average molecular weight is 507 g/mol. The molecule has 2 N–H and O–H groups in total. The van der Waals surface area contributed by atoms with Gasteiger partial charge >= 0.3 is 12.0 Å². The molecule has 0 unspecified atom stereocenters. The van der Waals surface area contributed by atoms with Gasteiger partial charge in [0.25, 0.3) is 11.8 Å². The number of rotatable bonds is 11. The van der Waals surface area contributed by atoms with Crippen molar-refractivity contribution in [2.24, 2.45) is 0 Å². The Balaban J connectivity index is 1.77. The summed E-state index contributed by atoms with van der Waals surface area (Å²) in [6, 6.07) is 3.66. The quantitative estimate of drug-likeness (QED) is 0.264. The molecule has 2 aromatic rings. The van der Waals surface area contributed by atoms with Gasteiger partial charge in [-0.15, -0.1) is 11.3 Å². The molecule has 0 bridgehead atoms. The van der Waals surface area contributed by atoms with E-state index in [2.05, 4.69) is 20.4 Å². The number of carbonyl (C=O) groups excluding carboxylic acids is 4. The number of methoxy groups -OCH3 is 3. The first-order valence-electron chi connectivity index (χ1n) is 10.5. The van der Waals surface area contributed by atoms with Crippen LogP contribution in [0.2, 0.25) is 0 Å². The maximum atomic E-state index is 13.2. The zero-order valence-electron chi connectivity index (χ0n) is 19.6. The lowest BCUT2D eigenvalue weighted by Crippen LogP contribution is -2.53. The van der Waals surface area contributed by atoms with E-state index in [4.69, 9.17) is 14.2 Å². The van der Waals surface area contributed by atoms with E-state index in [0.717, 1.165) is 16.2 Å². The van der Waals surface area contributed by atoms with Crippen LogP contribution < -0.4 is 15.4 Å². The molecule has 1 saturated heterocycles. The van der Waals surface area contributed by atoms with Crippen LogP contribution in [0.5, 0.6) is 5.75 Å². The van der Waals surface area contributed by atoms with Gasteiger partial charge in [-0.05, 0) is 24.6 Å². The van der Waals surface area contributed by atoms with Crippen LogP contribution in [0, 0.1) is 0 Å². The van der Waals surface area contributed by atoms with Gasteiger partial charge in [-0.25, -0.2) is 19.5 Å². The van der Waals surface area contributed by atoms with Crippen LogP contribution in [0.15, 0.2) is 29.6 Å². The smallest absolute Gasteiger partial charge is 0.357 e. The van der Waals surface area contributed by atoms with Crippen LogP contribution in [0.3, 0.4) is 0 Å². The fraction of sp³-hybridized carbons (Fsp3) is 0.409. The average Bonchev–Trinajstić information content (AvgIpc) is 3.44. The van der Waals surface area contributed by atoms with Crippen LogP contribution in [0.4, 0.5) is 9.93 Å². The van der Waals surface area contributed by atoms with Crippen LogP contribution in [-0.2, 0) is 23.8 Å². The van der Waals surface area contributed by atoms with Crippen molar-refractivity contribution in [3.8, 4) is 5.75 Å². The predicted molar refractivity (Wildman–Crippen MR) is 124 cm³/mol. The number of benzene rings is 1. The first kappa shape index (κ1) is 26.1. The van der Waals surface area contributed by atoms with Gasteiger partial charge < -0.3 is 29.6 Å². The number of carbonyl (C=O) groups is 4. The summed E-state index contributed by atoms with van der Waals surface area (Å²) in [6.45, 7) is 2.36. The number of hydrogen-bond acceptors (Lipinski definition) is 10. The van der Waals surface area contributed by atoms with Gasteiger partial charge in [-0.3, -0.25) is 9.59 Å². The summed E-state index contributed by atoms with van der Waals surface area (Å²) in [5, 5.41) is 6.68. The number of nitrogens with zero attached hydrogens (tertiary/aromatic N) is 2. The highest BCUT2D eigenvalue weighted by molar-refractivity contribution is 7.14. The van der Waals surface area contributed by atoms with Crippen molar-refractivity contribution >= 4 is 40.3 Å². The summed E-state index contributed by atoms with van der Waals surface area (Å²) < 4.78 is 20.4. The molecule has 35 heavy (non-hydrogen) atoms. The number of ether oxygens (including phenoxy) is 4. The number of anilines is 1. The number of nitrogens with one attached hydrogen (secondary N) is 2. The number of thiazole rings is 1. The maximum absolute atomic E-state index is 13.2. The SMILES string of the molecule is COCCOc1ccc([C@H]2NC(=O)N([C@H](C(=O)Nc3nc(C(=O)OC)cs3)[C@@H](C)OC)C2=O)cc1. The molecule has 12 nitrogen and oxygen atoms in total. The molecule has 1 aromatic heterocycles. The summed E-state index contributed by atoms with van der Waals surface area (Å²) in [4.78, 5) is 55.6. The third kappa shape index (κ3) is 5.93. The molecule has 1 aromatic carbocycles. The summed E-state index contributed by atoms with van der Waals surface area (Å²) in [5.41, 5.74) is 0.547. The first-order valence-corrected chi connectivity index (χ1v) is 11.4. The highest BCUT2D eigenvalue weighted by Gasteiger charge is 2.47. The second kappa shape index (κ2) is 11.7. The van der Waals surface area contributed by atoms with E-state index in [9.17, 15) is 19.2 Å². The lowest BCUT2D eigenvalue weighted by atomic mass is 10.1. The first-order chi connectivity index (χ1) is 16.8. The Hall–Kier alpha value is -3.55. The number of amides is 4. The van der Waals surface area contributed by atoms with E-state index in [1.54, 1.807) is 38.3 Å². The number of imide groups is 1. The number of urea groups is 1. The summed E-state index contributed by atoms with van der Waals surface area (Å²) in [7, 11) is 4.15. The van der Waals surface area contributed by atoms with Gasteiger partial charge in [0.2, 0.25) is 0 Å². The topological polar surface area (TPSA) is 145 Å². The standard InChI is InChI=1S/C22H26N4O8S/c1-12(32-3)17(18(27)25-21-23-15(11-35-21)20(29)33-4)26-19(28)16(24-22(26)30)13-5-7-14(8-6-13)34-10-9-31-2/h5-8,11-12,16-17H,9-10H2,1-4H3,(H,24,30)(H,23,25,27)/t12-,16-,17+/m1/s1. The number of esters is 1. The lowest BCUT2D eigenvalue weighted by Gasteiger charge is -2.28. The molecule has 1 fully saturated rings. The highest BCUT2D eigenvalue weighted by Crippen LogP contribution is 2.27. The van der Waals surface area contributed by atoms with Crippen LogP contribution in [0.1, 0.15) is 29.0 Å². The summed E-state index contributed by atoms with van der Waals surface area (Å²) in [5.74, 6) is -1.38. The van der Waals surface area contributed by atoms with Gasteiger partial charge in [0.15, 0.2) is 10.8 Å². The summed E-state index contributed by atoms with van der Waals surface area (Å²) >= 11 is 1.000. The number of aromatic nitrogens is 1. The Labute approximate surface area is 205 Å². The number of hydrogen-bond donors (Lipinski definition) is 2. The fourth-order valence-corrected chi connectivity index (χ4v) is 4.04. The lowest BCUT2D eigenvalue weighted by molar-refractivity contribution is -0.137. The van der Waals surface area contributed by atoms with E-state index in [-0.39, 0.29) is 10.8 Å². The molecule has 2 heterocycles. The van der Waals surface area contributed by atoms with Crippen molar-refractivity contribution in [1.29, 1.82) is 0 Å². The van der Waals surface area contributed by atoms with Crippen molar-refractivity contribution in [2.45, 2.75) is 25.1 Å². The monoisotopic (exact) mass is 506 g/mol. The molecule has 188 valence electrons. The maximum Gasteiger partial charge on any atom is 0.357 e. The molecule has 0 radical (unpaired) electrons. The zero-order chi connectivity index (χ0) is 25.5. The van der Waals surface area contributed by atoms with E-state index >= 15 is 0 Å². The molecule has 4 amide bonds. The van der Waals surface area contributed by atoms with Crippen LogP contribution in [0.25, 0.3) is 0 Å². The highest BCUT2D eigenvalue weighted by atomic mass is 32.1. The second-order valence-electron chi connectivity index (χ2n) is 7.41. The minimum Gasteiger partial charge on any atom is -0.491 e.